The van der Waals surface area contributed by atoms with Gasteiger partial charge in [0.15, 0.2) is 0 Å². The van der Waals surface area contributed by atoms with E-state index >= 15 is 0 Å². The molecule has 1 saturated carbocycles. The van der Waals surface area contributed by atoms with Crippen LogP contribution >= 0.6 is 0 Å². The maximum absolute atomic E-state index is 11.3. The largest absolute Gasteiger partial charge is 0.368 e. The smallest absolute Gasteiger partial charge is 0.288 e. The van der Waals surface area contributed by atoms with Crippen molar-refractivity contribution in [2.45, 2.75) is 18.9 Å². The van der Waals surface area contributed by atoms with Crippen molar-refractivity contribution in [3.63, 3.8) is 0 Å². The third-order valence-corrected chi connectivity index (χ3v) is 3.08. The minimum atomic E-state index is -0.765. The van der Waals surface area contributed by atoms with E-state index in [0.29, 0.717) is 12.5 Å². The number of pyridine rings is 1. The summed E-state index contributed by atoms with van der Waals surface area (Å²) in [5.41, 5.74) is 10.8. The van der Waals surface area contributed by atoms with Crippen molar-refractivity contribution in [1.82, 2.24) is 4.98 Å². The maximum atomic E-state index is 11.3. The van der Waals surface area contributed by atoms with Gasteiger partial charge in [0.1, 0.15) is 12.0 Å². The Kier molecular flexibility index (Phi) is 3.61. The van der Waals surface area contributed by atoms with Crippen LogP contribution in [0.2, 0.25) is 0 Å². The monoisotopic (exact) mass is 265 g/mol. The third-order valence-electron chi connectivity index (χ3n) is 3.08. The van der Waals surface area contributed by atoms with E-state index in [1.54, 1.807) is 0 Å². The van der Waals surface area contributed by atoms with Gasteiger partial charge in [0.2, 0.25) is 0 Å². The van der Waals surface area contributed by atoms with E-state index in [2.05, 4.69) is 10.3 Å². The Labute approximate surface area is 109 Å². The Morgan fingerprint density at radius 2 is 2.32 bits per heavy atom. The molecule has 1 aliphatic carbocycles. The van der Waals surface area contributed by atoms with Crippen LogP contribution in [-0.2, 0) is 0 Å². The molecule has 1 atom stereocenters. The Morgan fingerprint density at radius 1 is 1.63 bits per heavy atom. The number of rotatable bonds is 6. The molecule has 1 fully saturated rings. The van der Waals surface area contributed by atoms with E-state index < -0.39 is 10.8 Å². The predicted molar refractivity (Wildman–Crippen MR) is 68.6 cm³/mol. The zero-order valence-electron chi connectivity index (χ0n) is 10.2. The van der Waals surface area contributed by atoms with Crippen LogP contribution in [0.15, 0.2) is 12.3 Å². The van der Waals surface area contributed by atoms with Crippen LogP contribution < -0.4 is 16.8 Å². The van der Waals surface area contributed by atoms with Crippen LogP contribution in [0.1, 0.15) is 23.2 Å². The van der Waals surface area contributed by atoms with Crippen molar-refractivity contribution in [1.29, 1.82) is 0 Å². The van der Waals surface area contributed by atoms with Gasteiger partial charge in [0.05, 0.1) is 10.5 Å². The molecular formula is C11H15N5O3. The topological polar surface area (TPSA) is 137 Å². The summed E-state index contributed by atoms with van der Waals surface area (Å²) in [7, 11) is 0. The van der Waals surface area contributed by atoms with Crippen molar-refractivity contribution >= 4 is 17.4 Å². The highest BCUT2D eigenvalue weighted by Crippen LogP contribution is 2.31. The lowest BCUT2D eigenvalue weighted by atomic mass is 10.2. The molecule has 0 bridgehead atoms. The number of nitro groups is 1. The summed E-state index contributed by atoms with van der Waals surface area (Å²) in [6.45, 7) is 0.454. The Balaban J connectivity index is 2.13. The molecule has 1 heterocycles. The average Bonchev–Trinajstić information content (AvgIpc) is 3.19. The number of aromatic nitrogens is 1. The second-order valence-corrected chi connectivity index (χ2v) is 4.59. The van der Waals surface area contributed by atoms with Crippen molar-refractivity contribution < 1.29 is 9.72 Å². The molecule has 8 nitrogen and oxygen atoms in total. The molecule has 0 aliphatic heterocycles. The van der Waals surface area contributed by atoms with Gasteiger partial charge in [-0.1, -0.05) is 0 Å². The fraction of sp³-hybridized carbons (Fsp3) is 0.455. The fourth-order valence-corrected chi connectivity index (χ4v) is 1.79. The average molecular weight is 265 g/mol. The SMILES string of the molecule is NC(=O)c1cc([N+](=O)[O-])cnc1NCC(N)C1CC1. The van der Waals surface area contributed by atoms with Crippen LogP contribution in [0.4, 0.5) is 11.5 Å². The lowest BCUT2D eigenvalue weighted by molar-refractivity contribution is -0.385. The number of carbonyl (C=O) groups excluding carboxylic acids is 1. The van der Waals surface area contributed by atoms with Gasteiger partial charge in [0.25, 0.3) is 11.6 Å². The molecule has 8 heteroatoms. The number of hydrogen-bond donors (Lipinski definition) is 3. The van der Waals surface area contributed by atoms with E-state index in [1.807, 2.05) is 0 Å². The molecular weight excluding hydrogens is 250 g/mol. The van der Waals surface area contributed by atoms with Gasteiger partial charge in [0, 0.05) is 18.7 Å². The number of nitrogens with two attached hydrogens (primary N) is 2. The van der Waals surface area contributed by atoms with Gasteiger partial charge in [-0.2, -0.15) is 0 Å². The molecule has 0 saturated heterocycles. The first kappa shape index (κ1) is 13.2. The molecule has 19 heavy (non-hydrogen) atoms. The van der Waals surface area contributed by atoms with Gasteiger partial charge in [-0.15, -0.1) is 0 Å². The summed E-state index contributed by atoms with van der Waals surface area (Å²) in [5.74, 6) is -0.0320. The van der Waals surface area contributed by atoms with Crippen molar-refractivity contribution in [2.75, 3.05) is 11.9 Å². The standard InChI is InChI=1S/C11H15N5O3/c12-9(6-1-2-6)5-15-11-8(10(13)17)3-7(4-14-11)16(18)19/h3-4,6,9H,1-2,5,12H2,(H2,13,17)(H,14,15). The minimum absolute atomic E-state index is 0.00260. The minimum Gasteiger partial charge on any atom is -0.368 e. The zero-order chi connectivity index (χ0) is 14.0. The van der Waals surface area contributed by atoms with Gasteiger partial charge < -0.3 is 16.8 Å². The summed E-state index contributed by atoms with van der Waals surface area (Å²) < 4.78 is 0. The van der Waals surface area contributed by atoms with Gasteiger partial charge in [-0.3, -0.25) is 14.9 Å². The normalized spacial score (nSPS) is 15.8. The van der Waals surface area contributed by atoms with Crippen LogP contribution in [0.5, 0.6) is 0 Å². The highest BCUT2D eigenvalue weighted by Gasteiger charge is 2.28. The molecule has 1 aliphatic rings. The van der Waals surface area contributed by atoms with E-state index in [4.69, 9.17) is 11.5 Å². The van der Waals surface area contributed by atoms with E-state index in [0.717, 1.165) is 25.1 Å². The molecule has 0 aromatic carbocycles. The Hall–Kier alpha value is -2.22. The summed E-state index contributed by atoms with van der Waals surface area (Å²) in [6, 6.07) is 1.10. The lowest BCUT2D eigenvalue weighted by Gasteiger charge is -2.13. The van der Waals surface area contributed by atoms with Crippen LogP contribution in [-0.4, -0.2) is 28.4 Å². The lowest BCUT2D eigenvalue weighted by Crippen LogP contribution is -2.32. The van der Waals surface area contributed by atoms with Gasteiger partial charge in [-0.05, 0) is 18.8 Å². The van der Waals surface area contributed by atoms with Crippen LogP contribution in [0.3, 0.4) is 0 Å². The number of primary amides is 1. The maximum Gasteiger partial charge on any atom is 0.288 e. The molecule has 0 radical (unpaired) electrons. The van der Waals surface area contributed by atoms with Crippen molar-refractivity contribution in [2.24, 2.45) is 17.4 Å². The number of amides is 1. The number of nitrogens with one attached hydrogen (secondary N) is 1. The van der Waals surface area contributed by atoms with E-state index in [9.17, 15) is 14.9 Å². The second kappa shape index (κ2) is 5.19. The molecule has 1 aromatic heterocycles. The number of carbonyl (C=O) groups is 1. The first-order chi connectivity index (χ1) is 8.99. The first-order valence-electron chi connectivity index (χ1n) is 5.92. The quantitative estimate of drug-likeness (QED) is 0.497. The summed E-state index contributed by atoms with van der Waals surface area (Å²) in [5, 5.41) is 13.5. The molecule has 5 N–H and O–H groups in total. The Morgan fingerprint density at radius 3 is 2.84 bits per heavy atom. The summed E-state index contributed by atoms with van der Waals surface area (Å²) in [6.07, 6.45) is 3.30. The molecule has 1 aromatic rings. The van der Waals surface area contributed by atoms with E-state index in [1.165, 1.54) is 0 Å². The molecule has 0 spiro atoms. The molecule has 102 valence electrons. The number of hydrogen-bond acceptors (Lipinski definition) is 6. The summed E-state index contributed by atoms with van der Waals surface area (Å²) in [4.78, 5) is 25.1. The van der Waals surface area contributed by atoms with Crippen molar-refractivity contribution in [3.05, 3.63) is 27.9 Å². The van der Waals surface area contributed by atoms with Crippen molar-refractivity contribution in [3.8, 4) is 0 Å². The predicted octanol–water partition coefficient (Wildman–Crippen LogP) is 0.238. The number of nitrogens with zero attached hydrogens (tertiary/aromatic N) is 2. The molecule has 1 unspecified atom stereocenters. The van der Waals surface area contributed by atoms with E-state index in [-0.39, 0.29) is 23.1 Å². The third kappa shape index (κ3) is 3.16. The van der Waals surface area contributed by atoms with Crippen LogP contribution in [0, 0.1) is 16.0 Å². The van der Waals surface area contributed by atoms with Gasteiger partial charge in [-0.25, -0.2) is 4.98 Å². The molecule has 1 amide bonds. The second-order valence-electron chi connectivity index (χ2n) is 4.59. The summed E-state index contributed by atoms with van der Waals surface area (Å²) >= 11 is 0. The number of anilines is 1. The Bertz CT molecular complexity index is 515. The van der Waals surface area contributed by atoms with Gasteiger partial charge >= 0.3 is 0 Å². The highest BCUT2D eigenvalue weighted by molar-refractivity contribution is 5.98. The first-order valence-corrected chi connectivity index (χ1v) is 5.92. The fourth-order valence-electron chi connectivity index (χ4n) is 1.79. The van der Waals surface area contributed by atoms with Crippen LogP contribution in [0.25, 0.3) is 0 Å². The highest BCUT2D eigenvalue weighted by atomic mass is 16.6. The molecule has 2 rings (SSSR count). The zero-order valence-corrected chi connectivity index (χ0v) is 10.2.